The van der Waals surface area contributed by atoms with Crippen LogP contribution in [-0.2, 0) is 9.53 Å². The molecule has 4 rings (SSSR count). The molecule has 1 aromatic carbocycles. The number of piperazine rings is 1. The minimum absolute atomic E-state index is 0.0394. The first-order chi connectivity index (χ1) is 16.1. The number of rotatable bonds is 5. The molecule has 3 aliphatic rings. The van der Waals surface area contributed by atoms with Gasteiger partial charge in [-0.05, 0) is 55.2 Å². The van der Waals surface area contributed by atoms with Crippen molar-refractivity contribution < 1.29 is 23.4 Å². The summed E-state index contributed by atoms with van der Waals surface area (Å²) in [6.07, 6.45) is 6.67. The molecular weight excluding hydrogens is 438 g/mol. The van der Waals surface area contributed by atoms with Gasteiger partial charge in [0.25, 0.3) is 0 Å². The van der Waals surface area contributed by atoms with E-state index in [2.05, 4.69) is 24.3 Å². The summed E-state index contributed by atoms with van der Waals surface area (Å²) in [6, 6.07) is 3.76. The largest absolute Gasteiger partial charge is 0.457 e. The minimum Gasteiger partial charge on any atom is -0.457 e. The number of hydrogen-bond donors (Lipinski definition) is 1. The summed E-state index contributed by atoms with van der Waals surface area (Å²) < 4.78 is 32.8. The monoisotopic (exact) mass is 474 g/mol. The molecule has 1 heterocycles. The van der Waals surface area contributed by atoms with E-state index in [4.69, 9.17) is 4.74 Å². The van der Waals surface area contributed by atoms with Crippen molar-refractivity contribution in [1.82, 2.24) is 4.90 Å². The molecule has 7 heteroatoms. The molecule has 2 radical (unpaired) electrons. The number of nitrogens with zero attached hydrogens (tertiary/aromatic N) is 2. The van der Waals surface area contributed by atoms with Gasteiger partial charge in [-0.25, -0.2) is 8.78 Å². The number of fused-ring (bicyclic) bond motifs is 1. The van der Waals surface area contributed by atoms with Crippen molar-refractivity contribution in [3.8, 4) is 0 Å². The highest BCUT2D eigenvalue weighted by molar-refractivity contribution is 5.66. The lowest BCUT2D eigenvalue weighted by atomic mass is 9.57. The maximum Gasteiger partial charge on any atom is 0.303 e. The average Bonchev–Trinajstić information content (AvgIpc) is 2.76. The molecule has 186 valence electrons. The lowest BCUT2D eigenvalue weighted by Gasteiger charge is -2.53. The lowest BCUT2D eigenvalue weighted by molar-refractivity contribution is -0.148. The Morgan fingerprint density at radius 1 is 1.26 bits per heavy atom. The Kier molecular flexibility index (Phi) is 7.34. The Balaban J connectivity index is 1.41. The Hall–Kier alpha value is -1.99. The summed E-state index contributed by atoms with van der Waals surface area (Å²) in [5, 5.41) is 11.7. The molecule has 1 saturated heterocycles. The summed E-state index contributed by atoms with van der Waals surface area (Å²) in [5.41, 5.74) is 0.262. The molecule has 6 atom stereocenters. The standard InChI is InChI=1S/C27H36F2N2O3/c1-17-13-23-22(7-5-19(3)27(23,33)15-26(17)34-20(4)32)18(2)16-30-9-11-31(12-10-30)25-8-6-21(28)14-24(25)29/h6,8,13-14,18-19,22-23,26,33H,5,7,9-12,16H2,1-4H3/t18-,19-,22+,23-,26-,27-/m1/s1. The van der Waals surface area contributed by atoms with Crippen LogP contribution in [0.15, 0.2) is 29.8 Å². The van der Waals surface area contributed by atoms with Crippen molar-refractivity contribution in [3.63, 3.8) is 0 Å². The number of hydrogen-bond acceptors (Lipinski definition) is 5. The molecule has 5 nitrogen and oxygen atoms in total. The molecule has 1 N–H and O–H groups in total. The normalized spacial score (nSPS) is 33.1. The first-order valence-corrected chi connectivity index (χ1v) is 12.4. The molecule has 34 heavy (non-hydrogen) atoms. The van der Waals surface area contributed by atoms with Crippen LogP contribution in [-0.4, -0.2) is 60.4 Å². The van der Waals surface area contributed by atoms with Crippen LogP contribution in [0.1, 0.15) is 40.5 Å². The maximum atomic E-state index is 14.2. The molecule has 1 aromatic rings. The summed E-state index contributed by atoms with van der Waals surface area (Å²) in [5.74, 6) is -0.846. The molecule has 0 amide bonds. The highest BCUT2D eigenvalue weighted by Crippen LogP contribution is 2.50. The van der Waals surface area contributed by atoms with Crippen LogP contribution in [0.25, 0.3) is 0 Å². The van der Waals surface area contributed by atoms with Gasteiger partial charge in [-0.2, -0.15) is 0 Å². The number of carbonyl (C=O) groups excluding carboxylic acids is 1. The smallest absolute Gasteiger partial charge is 0.303 e. The van der Waals surface area contributed by atoms with Crippen molar-refractivity contribution in [2.45, 2.75) is 52.2 Å². The molecule has 0 aromatic heterocycles. The Bertz CT molecular complexity index is 930. The molecule has 0 bridgehead atoms. The van der Waals surface area contributed by atoms with E-state index in [1.165, 1.54) is 19.1 Å². The third-order valence-corrected chi connectivity index (χ3v) is 8.06. The van der Waals surface area contributed by atoms with E-state index in [0.29, 0.717) is 24.7 Å². The van der Waals surface area contributed by atoms with Crippen LogP contribution in [0.5, 0.6) is 0 Å². The zero-order valence-corrected chi connectivity index (χ0v) is 20.6. The molecule has 2 fully saturated rings. The van der Waals surface area contributed by atoms with Crippen molar-refractivity contribution in [2.75, 3.05) is 37.6 Å². The van der Waals surface area contributed by atoms with E-state index >= 15 is 0 Å². The van der Waals surface area contributed by atoms with E-state index < -0.39 is 23.3 Å². The van der Waals surface area contributed by atoms with Gasteiger partial charge in [0.05, 0.1) is 17.7 Å². The maximum absolute atomic E-state index is 14.2. The Morgan fingerprint density at radius 3 is 2.62 bits per heavy atom. The number of halogens is 2. The van der Waals surface area contributed by atoms with E-state index in [9.17, 15) is 18.7 Å². The van der Waals surface area contributed by atoms with Gasteiger partial charge in [0, 0.05) is 51.6 Å². The summed E-state index contributed by atoms with van der Waals surface area (Å²) in [7, 11) is 0. The van der Waals surface area contributed by atoms with Crippen molar-refractivity contribution in [2.24, 2.45) is 23.7 Å². The second-order valence-corrected chi connectivity index (χ2v) is 10.4. The van der Waals surface area contributed by atoms with Gasteiger partial charge < -0.3 is 14.7 Å². The van der Waals surface area contributed by atoms with Crippen LogP contribution >= 0.6 is 0 Å². The molecular formula is C27H36F2N2O3. The van der Waals surface area contributed by atoms with Crippen LogP contribution in [0.2, 0.25) is 0 Å². The van der Waals surface area contributed by atoms with Gasteiger partial charge in [0.1, 0.15) is 17.7 Å². The van der Waals surface area contributed by atoms with E-state index in [1.807, 2.05) is 18.7 Å². The number of carbonyl (C=O) groups is 1. The number of esters is 1. The van der Waals surface area contributed by atoms with Gasteiger partial charge in [0.15, 0.2) is 0 Å². The molecule has 0 spiro atoms. The number of anilines is 1. The predicted molar refractivity (Wildman–Crippen MR) is 127 cm³/mol. The first kappa shape index (κ1) is 25.1. The average molecular weight is 475 g/mol. The van der Waals surface area contributed by atoms with Crippen molar-refractivity contribution in [1.29, 1.82) is 0 Å². The fourth-order valence-electron chi connectivity index (χ4n) is 6.06. The number of benzene rings is 1. The Morgan fingerprint density at radius 2 is 1.97 bits per heavy atom. The summed E-state index contributed by atoms with van der Waals surface area (Å²) in [4.78, 5) is 15.9. The predicted octanol–water partition coefficient (Wildman–Crippen LogP) is 4.09. The molecule has 1 saturated carbocycles. The van der Waals surface area contributed by atoms with Gasteiger partial charge >= 0.3 is 5.97 Å². The summed E-state index contributed by atoms with van der Waals surface area (Å²) in [6.45, 7) is 11.5. The van der Waals surface area contributed by atoms with Crippen molar-refractivity contribution >= 4 is 11.7 Å². The van der Waals surface area contributed by atoms with Crippen LogP contribution in [0, 0.1) is 41.7 Å². The first-order valence-electron chi connectivity index (χ1n) is 12.4. The lowest BCUT2D eigenvalue weighted by Crippen LogP contribution is -2.57. The van der Waals surface area contributed by atoms with Crippen LogP contribution in [0.4, 0.5) is 14.5 Å². The highest BCUT2D eigenvalue weighted by atomic mass is 19.1. The second-order valence-electron chi connectivity index (χ2n) is 10.4. The van der Waals surface area contributed by atoms with Crippen LogP contribution in [0.3, 0.4) is 0 Å². The molecule has 2 aliphatic carbocycles. The second kappa shape index (κ2) is 9.94. The fourth-order valence-corrected chi connectivity index (χ4v) is 6.06. The van der Waals surface area contributed by atoms with Gasteiger partial charge in [-0.15, -0.1) is 0 Å². The Labute approximate surface area is 201 Å². The third-order valence-electron chi connectivity index (χ3n) is 8.06. The van der Waals surface area contributed by atoms with Crippen LogP contribution < -0.4 is 4.90 Å². The SMILES string of the molecule is CC(=O)O[C@@H]1[C][C@@]2(O)[C@H](C)CC[C@@H]([C@H](C)CN3CCN(c4ccc(F)cc4F)CC3)[C@H]2C=C1C. The molecule has 1 aliphatic heterocycles. The number of aliphatic hydroxyl groups is 1. The highest BCUT2D eigenvalue weighted by Gasteiger charge is 2.53. The van der Waals surface area contributed by atoms with E-state index in [0.717, 1.165) is 44.1 Å². The fraction of sp³-hybridized carbons (Fsp3) is 0.630. The quantitative estimate of drug-likeness (QED) is 0.515. The van der Waals surface area contributed by atoms with E-state index in [-0.39, 0.29) is 23.7 Å². The zero-order chi connectivity index (χ0) is 24.6. The summed E-state index contributed by atoms with van der Waals surface area (Å²) >= 11 is 0. The third kappa shape index (κ3) is 5.01. The minimum atomic E-state index is -1.12. The molecule has 0 unspecified atom stereocenters. The van der Waals surface area contributed by atoms with Crippen molar-refractivity contribution in [3.05, 3.63) is 47.9 Å². The topological polar surface area (TPSA) is 53.0 Å². The number of ether oxygens (including phenoxy) is 1. The van der Waals surface area contributed by atoms with Gasteiger partial charge in [0.2, 0.25) is 0 Å². The van der Waals surface area contributed by atoms with Gasteiger partial charge in [-0.1, -0.05) is 19.9 Å². The van der Waals surface area contributed by atoms with E-state index in [1.54, 1.807) is 0 Å². The van der Waals surface area contributed by atoms with Gasteiger partial charge in [-0.3, -0.25) is 9.69 Å². The zero-order valence-electron chi connectivity index (χ0n) is 20.6.